The number of amides is 2. The van der Waals surface area contributed by atoms with Crippen molar-refractivity contribution in [2.24, 2.45) is 0 Å². The van der Waals surface area contributed by atoms with Crippen molar-refractivity contribution in [3.05, 3.63) is 101 Å². The zero-order chi connectivity index (χ0) is 30.2. The van der Waals surface area contributed by atoms with Gasteiger partial charge in [0.05, 0.1) is 11.9 Å². The van der Waals surface area contributed by atoms with Gasteiger partial charge < -0.3 is 10.2 Å². The van der Waals surface area contributed by atoms with Gasteiger partial charge in [-0.25, -0.2) is 12.8 Å². The van der Waals surface area contributed by atoms with Crippen LogP contribution in [-0.4, -0.2) is 49.5 Å². The minimum atomic E-state index is -3.63. The van der Waals surface area contributed by atoms with Crippen LogP contribution in [0, 0.1) is 5.82 Å². The fourth-order valence-corrected chi connectivity index (χ4v) is 5.50. The minimum absolute atomic E-state index is 0.00507. The van der Waals surface area contributed by atoms with Crippen LogP contribution in [0.25, 0.3) is 0 Å². The molecule has 1 atom stereocenters. The molecule has 0 aromatic heterocycles. The van der Waals surface area contributed by atoms with Gasteiger partial charge in [0.1, 0.15) is 11.9 Å². The highest BCUT2D eigenvalue weighted by atomic mass is 35.5. The summed E-state index contributed by atoms with van der Waals surface area (Å²) in [6.07, 6.45) is 1.59. The molecule has 0 aliphatic rings. The lowest BCUT2D eigenvalue weighted by molar-refractivity contribution is -0.142. The number of rotatable bonds is 12. The molecule has 0 radical (unpaired) electrons. The van der Waals surface area contributed by atoms with Gasteiger partial charge in [0.25, 0.3) is 0 Å². The van der Waals surface area contributed by atoms with Gasteiger partial charge in [0, 0.05) is 36.5 Å². The van der Waals surface area contributed by atoms with Gasteiger partial charge in [-0.05, 0) is 74.7 Å². The summed E-state index contributed by atoms with van der Waals surface area (Å²) < 4.78 is 40.0. The molecule has 0 bridgehead atoms. The highest BCUT2D eigenvalue weighted by Gasteiger charge is 2.32. The first-order valence-corrected chi connectivity index (χ1v) is 15.6. The highest BCUT2D eigenvalue weighted by Crippen LogP contribution is 2.22. The summed E-state index contributed by atoms with van der Waals surface area (Å²) in [5.74, 6) is -1.03. The van der Waals surface area contributed by atoms with Crippen molar-refractivity contribution in [3.8, 4) is 0 Å². The van der Waals surface area contributed by atoms with E-state index in [-0.39, 0.29) is 44.2 Å². The Morgan fingerprint density at radius 2 is 1.54 bits per heavy atom. The summed E-state index contributed by atoms with van der Waals surface area (Å²) >= 11 is 5.97. The fraction of sp³-hybridized carbons (Fsp3) is 0.355. The molecule has 0 fully saturated rings. The Balaban J connectivity index is 1.89. The van der Waals surface area contributed by atoms with Crippen molar-refractivity contribution in [1.29, 1.82) is 0 Å². The summed E-state index contributed by atoms with van der Waals surface area (Å²) in [4.78, 5) is 28.9. The molecule has 0 saturated carbocycles. The van der Waals surface area contributed by atoms with Gasteiger partial charge in [-0.3, -0.25) is 13.9 Å². The predicted octanol–water partition coefficient (Wildman–Crippen LogP) is 5.58. The number of anilines is 1. The van der Waals surface area contributed by atoms with Crippen LogP contribution in [-0.2, 0) is 32.6 Å². The van der Waals surface area contributed by atoms with Gasteiger partial charge in [-0.15, -0.1) is 0 Å². The zero-order valence-electron chi connectivity index (χ0n) is 23.8. The molecule has 220 valence electrons. The van der Waals surface area contributed by atoms with E-state index in [0.29, 0.717) is 16.3 Å². The Kier molecular flexibility index (Phi) is 10.9. The van der Waals surface area contributed by atoms with Crippen molar-refractivity contribution in [2.45, 2.75) is 58.2 Å². The van der Waals surface area contributed by atoms with Crippen LogP contribution in [0.4, 0.5) is 10.1 Å². The molecular weight excluding hydrogens is 565 g/mol. The van der Waals surface area contributed by atoms with Crippen molar-refractivity contribution >= 4 is 39.1 Å². The molecule has 1 N–H and O–H groups in total. The quantitative estimate of drug-likeness (QED) is 0.294. The Morgan fingerprint density at radius 1 is 0.927 bits per heavy atom. The van der Waals surface area contributed by atoms with Crippen LogP contribution in [0.5, 0.6) is 0 Å². The smallest absolute Gasteiger partial charge is 0.243 e. The fourth-order valence-electron chi connectivity index (χ4n) is 4.40. The zero-order valence-corrected chi connectivity index (χ0v) is 25.4. The van der Waals surface area contributed by atoms with Gasteiger partial charge >= 0.3 is 0 Å². The van der Waals surface area contributed by atoms with Crippen LogP contribution in [0.2, 0.25) is 5.02 Å². The van der Waals surface area contributed by atoms with E-state index in [1.807, 2.05) is 51.1 Å². The maximum Gasteiger partial charge on any atom is 0.243 e. The number of nitrogens with zero attached hydrogens (tertiary/aromatic N) is 2. The second-order valence-electron chi connectivity index (χ2n) is 11.0. The molecule has 10 heteroatoms. The molecule has 7 nitrogen and oxygen atoms in total. The van der Waals surface area contributed by atoms with Crippen molar-refractivity contribution in [1.82, 2.24) is 10.2 Å². The summed E-state index contributed by atoms with van der Waals surface area (Å²) in [6.45, 7) is 5.75. The van der Waals surface area contributed by atoms with Crippen LogP contribution < -0.4 is 9.62 Å². The lowest BCUT2D eigenvalue weighted by Crippen LogP contribution is -2.54. The lowest BCUT2D eigenvalue weighted by Gasteiger charge is -2.34. The molecule has 0 spiro atoms. The summed E-state index contributed by atoms with van der Waals surface area (Å²) in [5.41, 5.74) is 1.45. The lowest BCUT2D eigenvalue weighted by atomic mass is 10.00. The number of nitrogens with one attached hydrogen (secondary N) is 1. The number of halogens is 2. The Labute approximate surface area is 247 Å². The van der Waals surface area contributed by atoms with Crippen LogP contribution in [0.15, 0.2) is 78.9 Å². The van der Waals surface area contributed by atoms with E-state index in [1.165, 1.54) is 21.3 Å². The second-order valence-corrected chi connectivity index (χ2v) is 13.4. The van der Waals surface area contributed by atoms with Crippen molar-refractivity contribution in [3.63, 3.8) is 0 Å². The van der Waals surface area contributed by atoms with E-state index in [4.69, 9.17) is 11.6 Å². The summed E-state index contributed by atoms with van der Waals surface area (Å²) in [7, 11) is -3.63. The Morgan fingerprint density at radius 3 is 2.10 bits per heavy atom. The maximum atomic E-state index is 13.8. The average molecular weight is 602 g/mol. The van der Waals surface area contributed by atoms with E-state index in [2.05, 4.69) is 5.32 Å². The standard InChI is InChI=1S/C31H37ClFN3O4S/c1-31(2,3)34-30(38)28(21-23-9-6-5-7-10-23)35(22-24-12-16-26(33)17-13-24)29(37)11-8-20-36(41(4,39)40)27-18-14-25(32)15-19-27/h5-7,9-10,12-19,28H,8,11,20-22H2,1-4H3,(H,34,38). The first-order chi connectivity index (χ1) is 19.2. The first kappa shape index (κ1) is 32.1. The Hall–Kier alpha value is -3.43. The van der Waals surface area contributed by atoms with Crippen molar-refractivity contribution < 1.29 is 22.4 Å². The molecule has 0 aliphatic heterocycles. The van der Waals surface area contributed by atoms with E-state index in [1.54, 1.807) is 36.4 Å². The molecule has 0 saturated heterocycles. The van der Waals surface area contributed by atoms with Crippen LogP contribution >= 0.6 is 11.6 Å². The van der Waals surface area contributed by atoms with Gasteiger partial charge in [0.2, 0.25) is 21.8 Å². The minimum Gasteiger partial charge on any atom is -0.350 e. The molecule has 0 aliphatic carbocycles. The monoisotopic (exact) mass is 601 g/mol. The predicted molar refractivity (Wildman–Crippen MR) is 162 cm³/mol. The maximum absolute atomic E-state index is 13.8. The number of carbonyl (C=O) groups is 2. The number of benzene rings is 3. The topological polar surface area (TPSA) is 86.8 Å². The number of hydrogen-bond acceptors (Lipinski definition) is 4. The third-order valence-corrected chi connectivity index (χ3v) is 7.75. The molecule has 3 aromatic rings. The van der Waals surface area contributed by atoms with E-state index >= 15 is 0 Å². The molecule has 3 aromatic carbocycles. The van der Waals surface area contributed by atoms with Crippen molar-refractivity contribution in [2.75, 3.05) is 17.1 Å². The average Bonchev–Trinajstić information content (AvgIpc) is 2.89. The molecule has 0 heterocycles. The largest absolute Gasteiger partial charge is 0.350 e. The molecule has 3 rings (SSSR count). The van der Waals surface area contributed by atoms with Gasteiger partial charge in [0.15, 0.2) is 0 Å². The van der Waals surface area contributed by atoms with E-state index < -0.39 is 27.4 Å². The molecular formula is C31H37ClFN3O4S. The van der Waals surface area contributed by atoms with E-state index in [0.717, 1.165) is 11.8 Å². The third kappa shape index (κ3) is 10.2. The first-order valence-electron chi connectivity index (χ1n) is 13.4. The normalized spacial score (nSPS) is 12.4. The number of hydrogen-bond donors (Lipinski definition) is 1. The third-order valence-electron chi connectivity index (χ3n) is 6.30. The van der Waals surface area contributed by atoms with Gasteiger partial charge in [-0.1, -0.05) is 54.1 Å². The van der Waals surface area contributed by atoms with Crippen LogP contribution in [0.1, 0.15) is 44.7 Å². The second kappa shape index (κ2) is 14.0. The van der Waals surface area contributed by atoms with Crippen LogP contribution in [0.3, 0.4) is 0 Å². The Bertz CT molecular complexity index is 1410. The molecule has 1 unspecified atom stereocenters. The highest BCUT2D eigenvalue weighted by molar-refractivity contribution is 7.92. The summed E-state index contributed by atoms with van der Waals surface area (Å²) in [5, 5.41) is 3.48. The summed E-state index contributed by atoms with van der Waals surface area (Å²) in [6, 6.07) is 20.8. The molecule has 2 amide bonds. The van der Waals surface area contributed by atoms with Gasteiger partial charge in [-0.2, -0.15) is 0 Å². The number of carbonyl (C=O) groups excluding carboxylic acids is 2. The van der Waals surface area contributed by atoms with E-state index in [9.17, 15) is 22.4 Å². The number of sulfonamides is 1. The molecule has 41 heavy (non-hydrogen) atoms. The SMILES string of the molecule is CC(C)(C)NC(=O)C(Cc1ccccc1)N(Cc1ccc(F)cc1)C(=O)CCCN(c1ccc(Cl)cc1)S(C)(=O)=O.